The van der Waals surface area contributed by atoms with Crippen LogP contribution >= 0.6 is 0 Å². The molecular weight excluding hydrogens is 281 g/mol. The molecule has 3 rings (SSSR count). The van der Waals surface area contributed by atoms with Crippen molar-refractivity contribution >= 4 is 7.12 Å². The molecule has 1 aromatic carbocycles. The Balaban J connectivity index is 1.92. The van der Waals surface area contributed by atoms with Gasteiger partial charge in [0.15, 0.2) is 5.75 Å². The Bertz CT molecular complexity index is 664. The molecule has 114 valence electrons. The number of rotatable bonds is 4. The van der Waals surface area contributed by atoms with Crippen molar-refractivity contribution in [1.82, 2.24) is 4.98 Å². The van der Waals surface area contributed by atoms with Crippen LogP contribution in [0.2, 0.25) is 6.32 Å². The SMILES string of the molecule is COc1ccc(-c2cccc(C3COB(O)C3)c2)nc1OC. The number of benzene rings is 1. The Hall–Kier alpha value is -2.05. The largest absolute Gasteiger partial charge is 0.491 e. The van der Waals surface area contributed by atoms with E-state index in [2.05, 4.69) is 17.1 Å². The Kier molecular flexibility index (Phi) is 4.31. The summed E-state index contributed by atoms with van der Waals surface area (Å²) in [6.45, 7) is 0.546. The fourth-order valence-corrected chi connectivity index (χ4v) is 2.68. The van der Waals surface area contributed by atoms with Crippen LogP contribution in [0.25, 0.3) is 11.3 Å². The maximum absolute atomic E-state index is 9.51. The lowest BCUT2D eigenvalue weighted by molar-refractivity contribution is 0.292. The molecule has 1 atom stereocenters. The van der Waals surface area contributed by atoms with Crippen molar-refractivity contribution in [3.8, 4) is 22.9 Å². The van der Waals surface area contributed by atoms with E-state index < -0.39 is 7.12 Å². The van der Waals surface area contributed by atoms with E-state index in [1.54, 1.807) is 14.2 Å². The first kappa shape index (κ1) is 14.9. The molecule has 1 saturated heterocycles. The number of hydrogen-bond donors (Lipinski definition) is 1. The lowest BCUT2D eigenvalue weighted by Crippen LogP contribution is -2.07. The molecule has 1 aromatic heterocycles. The molecule has 0 saturated carbocycles. The van der Waals surface area contributed by atoms with Crippen molar-refractivity contribution in [3.05, 3.63) is 42.0 Å². The fraction of sp³-hybridized carbons (Fsp3) is 0.312. The molecule has 2 aromatic rings. The maximum Gasteiger partial charge on any atom is 0.454 e. The van der Waals surface area contributed by atoms with Gasteiger partial charge in [0, 0.05) is 18.1 Å². The molecule has 0 amide bonds. The van der Waals surface area contributed by atoms with Crippen molar-refractivity contribution in [2.24, 2.45) is 0 Å². The van der Waals surface area contributed by atoms with Crippen molar-refractivity contribution in [2.45, 2.75) is 12.2 Å². The van der Waals surface area contributed by atoms with Gasteiger partial charge in [0.05, 0.1) is 19.9 Å². The van der Waals surface area contributed by atoms with Crippen LogP contribution in [0.3, 0.4) is 0 Å². The van der Waals surface area contributed by atoms with Gasteiger partial charge in [-0.1, -0.05) is 18.2 Å². The summed E-state index contributed by atoms with van der Waals surface area (Å²) >= 11 is 0. The number of aromatic nitrogens is 1. The predicted molar refractivity (Wildman–Crippen MR) is 84.2 cm³/mol. The lowest BCUT2D eigenvalue weighted by atomic mass is 9.79. The minimum absolute atomic E-state index is 0.218. The van der Waals surface area contributed by atoms with Gasteiger partial charge in [-0.25, -0.2) is 4.98 Å². The van der Waals surface area contributed by atoms with E-state index in [1.165, 1.54) is 0 Å². The Morgan fingerprint density at radius 1 is 1.23 bits per heavy atom. The van der Waals surface area contributed by atoms with Gasteiger partial charge >= 0.3 is 7.12 Å². The summed E-state index contributed by atoms with van der Waals surface area (Å²) in [7, 11) is 2.50. The second-order valence-corrected chi connectivity index (χ2v) is 5.25. The zero-order valence-corrected chi connectivity index (χ0v) is 12.7. The van der Waals surface area contributed by atoms with E-state index in [0.717, 1.165) is 16.8 Å². The number of nitrogens with zero attached hydrogens (tertiary/aromatic N) is 1. The predicted octanol–water partition coefficient (Wildman–Crippen LogP) is 2.36. The van der Waals surface area contributed by atoms with Crippen LogP contribution in [0.1, 0.15) is 11.5 Å². The second-order valence-electron chi connectivity index (χ2n) is 5.25. The summed E-state index contributed by atoms with van der Waals surface area (Å²) in [6.07, 6.45) is 0.628. The van der Waals surface area contributed by atoms with E-state index in [4.69, 9.17) is 14.1 Å². The molecular formula is C16H18BNO4. The molecule has 0 aliphatic carbocycles. The minimum atomic E-state index is -0.659. The number of methoxy groups -OCH3 is 2. The molecule has 0 bridgehead atoms. The molecule has 0 radical (unpaired) electrons. The van der Waals surface area contributed by atoms with E-state index in [-0.39, 0.29) is 5.92 Å². The highest BCUT2D eigenvalue weighted by molar-refractivity contribution is 6.43. The van der Waals surface area contributed by atoms with Gasteiger partial charge in [0.25, 0.3) is 5.88 Å². The number of hydrogen-bond acceptors (Lipinski definition) is 5. The summed E-state index contributed by atoms with van der Waals surface area (Å²) in [5.74, 6) is 1.29. The summed E-state index contributed by atoms with van der Waals surface area (Å²) in [6, 6.07) is 11.9. The van der Waals surface area contributed by atoms with Crippen molar-refractivity contribution in [1.29, 1.82) is 0 Å². The van der Waals surface area contributed by atoms with Gasteiger partial charge in [-0.3, -0.25) is 0 Å². The third-order valence-electron chi connectivity index (χ3n) is 3.87. The zero-order chi connectivity index (χ0) is 15.5. The molecule has 22 heavy (non-hydrogen) atoms. The smallest absolute Gasteiger partial charge is 0.454 e. The monoisotopic (exact) mass is 299 g/mol. The number of ether oxygens (including phenoxy) is 2. The summed E-state index contributed by atoms with van der Waals surface area (Å²) in [5, 5.41) is 9.51. The molecule has 1 aliphatic rings. The first-order chi connectivity index (χ1) is 10.7. The van der Waals surface area contributed by atoms with Crippen LogP contribution in [0.15, 0.2) is 36.4 Å². The van der Waals surface area contributed by atoms with Gasteiger partial charge in [-0.05, 0) is 30.1 Å². The van der Waals surface area contributed by atoms with Crippen LogP contribution in [-0.4, -0.2) is 38.0 Å². The molecule has 1 fully saturated rings. The second kappa shape index (κ2) is 6.38. The standard InChI is InChI=1S/C16H18BNO4/c1-20-15-7-6-14(18-16(15)21-2)12-5-3-4-11(8-12)13-9-17(19)22-10-13/h3-8,13,19H,9-10H2,1-2H3. The first-order valence-electron chi connectivity index (χ1n) is 7.20. The number of pyridine rings is 1. The van der Waals surface area contributed by atoms with Gasteiger partial charge in [0.2, 0.25) is 0 Å². The average molecular weight is 299 g/mol. The topological polar surface area (TPSA) is 60.8 Å². The van der Waals surface area contributed by atoms with Gasteiger partial charge in [-0.2, -0.15) is 0 Å². The quantitative estimate of drug-likeness (QED) is 0.878. The maximum atomic E-state index is 9.51. The van der Waals surface area contributed by atoms with Crippen LogP contribution in [0, 0.1) is 0 Å². The molecule has 1 unspecified atom stereocenters. The zero-order valence-electron chi connectivity index (χ0n) is 12.7. The third kappa shape index (κ3) is 2.93. The highest BCUT2D eigenvalue weighted by Crippen LogP contribution is 2.32. The molecule has 1 aliphatic heterocycles. The minimum Gasteiger partial charge on any atom is -0.491 e. The van der Waals surface area contributed by atoms with E-state index in [0.29, 0.717) is 24.6 Å². The van der Waals surface area contributed by atoms with Crippen LogP contribution < -0.4 is 9.47 Å². The summed E-state index contributed by atoms with van der Waals surface area (Å²) in [4.78, 5) is 4.49. The van der Waals surface area contributed by atoms with Gasteiger partial charge in [-0.15, -0.1) is 0 Å². The molecule has 5 nitrogen and oxygen atoms in total. The Labute approximate surface area is 130 Å². The molecule has 1 N–H and O–H groups in total. The van der Waals surface area contributed by atoms with E-state index in [1.807, 2.05) is 24.3 Å². The third-order valence-corrected chi connectivity index (χ3v) is 3.87. The van der Waals surface area contributed by atoms with E-state index >= 15 is 0 Å². The molecule has 2 heterocycles. The molecule has 0 spiro atoms. The van der Waals surface area contributed by atoms with Crippen LogP contribution in [-0.2, 0) is 4.65 Å². The normalized spacial score (nSPS) is 17.6. The fourth-order valence-electron chi connectivity index (χ4n) is 2.68. The van der Waals surface area contributed by atoms with Crippen molar-refractivity contribution in [3.63, 3.8) is 0 Å². The van der Waals surface area contributed by atoms with E-state index in [9.17, 15) is 5.02 Å². The van der Waals surface area contributed by atoms with Crippen LogP contribution in [0.5, 0.6) is 11.6 Å². The Morgan fingerprint density at radius 3 is 2.77 bits per heavy atom. The lowest BCUT2D eigenvalue weighted by Gasteiger charge is -2.12. The van der Waals surface area contributed by atoms with Gasteiger partial charge in [0.1, 0.15) is 0 Å². The highest BCUT2D eigenvalue weighted by atomic mass is 16.5. The van der Waals surface area contributed by atoms with Crippen molar-refractivity contribution < 1.29 is 19.2 Å². The highest BCUT2D eigenvalue weighted by Gasteiger charge is 2.29. The van der Waals surface area contributed by atoms with Gasteiger partial charge < -0.3 is 19.2 Å². The average Bonchev–Trinajstić information content (AvgIpc) is 3.01. The van der Waals surface area contributed by atoms with Crippen molar-refractivity contribution in [2.75, 3.05) is 20.8 Å². The summed E-state index contributed by atoms with van der Waals surface area (Å²) in [5.41, 5.74) is 2.96. The molecule has 6 heteroatoms. The Morgan fingerprint density at radius 2 is 2.09 bits per heavy atom. The van der Waals surface area contributed by atoms with Crippen LogP contribution in [0.4, 0.5) is 0 Å². The summed E-state index contributed by atoms with van der Waals surface area (Å²) < 4.78 is 15.7. The first-order valence-corrected chi connectivity index (χ1v) is 7.20.